The van der Waals surface area contributed by atoms with Crippen LogP contribution < -0.4 is 4.72 Å². The van der Waals surface area contributed by atoms with Crippen molar-refractivity contribution in [1.29, 1.82) is 5.26 Å². The van der Waals surface area contributed by atoms with Gasteiger partial charge in [-0.2, -0.15) is 5.26 Å². The van der Waals surface area contributed by atoms with E-state index in [9.17, 15) is 8.42 Å². The molecule has 0 atom stereocenters. The molecule has 1 heterocycles. The number of hydrogen-bond acceptors (Lipinski definition) is 6. The molecule has 104 valence electrons. The maximum Gasteiger partial charge on any atom is 0.263 e. The van der Waals surface area contributed by atoms with Gasteiger partial charge in [0.25, 0.3) is 10.0 Å². The Labute approximate surface area is 121 Å². The van der Waals surface area contributed by atoms with E-state index in [2.05, 4.69) is 14.9 Å². The van der Waals surface area contributed by atoms with Crippen molar-refractivity contribution in [3.8, 4) is 6.07 Å². The standard InChI is InChI=1S/C12H12N4O2S2/c1-3-11-14-15-12(19-11)16-20(17,18)10-5-4-9(7-13)6-8(10)2/h4-6H,3H2,1-2H3,(H,15,16). The third kappa shape index (κ3) is 2.95. The molecule has 6 nitrogen and oxygen atoms in total. The summed E-state index contributed by atoms with van der Waals surface area (Å²) in [5, 5.41) is 17.4. The minimum Gasteiger partial charge on any atom is -0.253 e. The predicted octanol–water partition coefficient (Wildman–Crippen LogP) is 2.08. The number of aryl methyl sites for hydroxylation is 2. The first-order valence-electron chi connectivity index (χ1n) is 5.82. The van der Waals surface area contributed by atoms with Crippen LogP contribution in [0.3, 0.4) is 0 Å². The molecule has 0 amide bonds. The summed E-state index contributed by atoms with van der Waals surface area (Å²) in [6.45, 7) is 3.57. The van der Waals surface area contributed by atoms with E-state index < -0.39 is 10.0 Å². The first-order chi connectivity index (χ1) is 9.46. The van der Waals surface area contributed by atoms with Crippen molar-refractivity contribution in [2.24, 2.45) is 0 Å². The van der Waals surface area contributed by atoms with Crippen LogP contribution in [-0.2, 0) is 16.4 Å². The van der Waals surface area contributed by atoms with E-state index in [0.717, 1.165) is 5.01 Å². The largest absolute Gasteiger partial charge is 0.263 e. The second kappa shape index (κ2) is 5.56. The van der Waals surface area contributed by atoms with E-state index in [0.29, 0.717) is 17.5 Å². The molecule has 0 saturated heterocycles. The van der Waals surface area contributed by atoms with Crippen molar-refractivity contribution in [2.45, 2.75) is 25.2 Å². The molecule has 1 N–H and O–H groups in total. The van der Waals surface area contributed by atoms with Gasteiger partial charge in [-0.1, -0.05) is 18.3 Å². The molecule has 0 aliphatic heterocycles. The topological polar surface area (TPSA) is 95.7 Å². The Morgan fingerprint density at radius 2 is 2.15 bits per heavy atom. The van der Waals surface area contributed by atoms with Gasteiger partial charge in [-0.25, -0.2) is 8.42 Å². The van der Waals surface area contributed by atoms with Crippen molar-refractivity contribution >= 4 is 26.5 Å². The lowest BCUT2D eigenvalue weighted by molar-refractivity contribution is 0.600. The van der Waals surface area contributed by atoms with Gasteiger partial charge in [0.1, 0.15) is 5.01 Å². The van der Waals surface area contributed by atoms with E-state index in [1.165, 1.54) is 29.5 Å². The average molecular weight is 308 g/mol. The highest BCUT2D eigenvalue weighted by Gasteiger charge is 2.19. The SMILES string of the molecule is CCc1nnc(NS(=O)(=O)c2ccc(C#N)cc2C)s1. The van der Waals surface area contributed by atoms with E-state index in [-0.39, 0.29) is 10.0 Å². The van der Waals surface area contributed by atoms with Crippen molar-refractivity contribution in [2.75, 3.05) is 4.72 Å². The van der Waals surface area contributed by atoms with Gasteiger partial charge in [-0.05, 0) is 37.1 Å². The van der Waals surface area contributed by atoms with Crippen LogP contribution in [0.1, 0.15) is 23.1 Å². The Morgan fingerprint density at radius 1 is 1.40 bits per heavy atom. The Kier molecular flexibility index (Phi) is 4.01. The van der Waals surface area contributed by atoms with Crippen LogP contribution in [0.4, 0.5) is 5.13 Å². The number of sulfonamides is 1. The summed E-state index contributed by atoms with van der Waals surface area (Å²) in [6, 6.07) is 6.39. The molecule has 0 spiro atoms. The number of benzene rings is 1. The average Bonchev–Trinajstić information content (AvgIpc) is 2.85. The number of nitrogens with zero attached hydrogens (tertiary/aromatic N) is 3. The molecule has 8 heteroatoms. The Hall–Kier alpha value is -1.98. The zero-order valence-corrected chi connectivity index (χ0v) is 12.5. The molecule has 20 heavy (non-hydrogen) atoms. The number of anilines is 1. The van der Waals surface area contributed by atoms with Crippen LogP contribution in [0.15, 0.2) is 23.1 Å². The zero-order chi connectivity index (χ0) is 14.8. The molecule has 0 unspecified atom stereocenters. The first-order valence-corrected chi connectivity index (χ1v) is 8.12. The molecule has 0 saturated carbocycles. The van der Waals surface area contributed by atoms with Crippen LogP contribution in [0.2, 0.25) is 0 Å². The van der Waals surface area contributed by atoms with Crippen molar-refractivity contribution in [3.63, 3.8) is 0 Å². The normalized spacial score (nSPS) is 11.1. The highest BCUT2D eigenvalue weighted by molar-refractivity contribution is 7.93. The lowest BCUT2D eigenvalue weighted by Gasteiger charge is -2.07. The van der Waals surface area contributed by atoms with Gasteiger partial charge in [0.15, 0.2) is 0 Å². The third-order valence-corrected chi connectivity index (χ3v) is 5.20. The number of aromatic nitrogens is 2. The fraction of sp³-hybridized carbons (Fsp3) is 0.250. The van der Waals surface area contributed by atoms with Gasteiger partial charge in [0.2, 0.25) is 5.13 Å². The van der Waals surface area contributed by atoms with Gasteiger partial charge in [-0.15, -0.1) is 10.2 Å². The monoisotopic (exact) mass is 308 g/mol. The summed E-state index contributed by atoms with van der Waals surface area (Å²) in [6.07, 6.45) is 0.704. The summed E-state index contributed by atoms with van der Waals surface area (Å²) in [5.74, 6) is 0. The number of nitrogens with one attached hydrogen (secondary N) is 1. The summed E-state index contributed by atoms with van der Waals surface area (Å²) >= 11 is 1.20. The van der Waals surface area contributed by atoms with E-state index in [4.69, 9.17) is 5.26 Å². The molecule has 0 aliphatic carbocycles. The molecule has 1 aromatic carbocycles. The Balaban J connectivity index is 2.33. The van der Waals surface area contributed by atoms with E-state index in [1.54, 1.807) is 6.92 Å². The second-order valence-electron chi connectivity index (χ2n) is 4.05. The summed E-state index contributed by atoms with van der Waals surface area (Å²) in [7, 11) is -3.72. The molecule has 2 rings (SSSR count). The van der Waals surface area contributed by atoms with E-state index >= 15 is 0 Å². The van der Waals surface area contributed by atoms with Crippen molar-refractivity contribution in [1.82, 2.24) is 10.2 Å². The van der Waals surface area contributed by atoms with Crippen LogP contribution in [0.25, 0.3) is 0 Å². The molecule has 0 bridgehead atoms. The summed E-state index contributed by atoms with van der Waals surface area (Å²) in [5.41, 5.74) is 0.933. The van der Waals surface area contributed by atoms with Gasteiger partial charge in [0.05, 0.1) is 16.5 Å². The summed E-state index contributed by atoms with van der Waals surface area (Å²) < 4.78 is 26.9. The van der Waals surface area contributed by atoms with Crippen molar-refractivity contribution < 1.29 is 8.42 Å². The Bertz CT molecular complexity index is 775. The third-order valence-electron chi connectivity index (χ3n) is 2.58. The fourth-order valence-corrected chi connectivity index (χ4v) is 3.77. The highest BCUT2D eigenvalue weighted by Crippen LogP contribution is 2.22. The van der Waals surface area contributed by atoms with Gasteiger partial charge in [-0.3, -0.25) is 4.72 Å². The Morgan fingerprint density at radius 3 is 2.70 bits per heavy atom. The van der Waals surface area contributed by atoms with Gasteiger partial charge >= 0.3 is 0 Å². The van der Waals surface area contributed by atoms with Gasteiger partial charge < -0.3 is 0 Å². The van der Waals surface area contributed by atoms with Crippen LogP contribution >= 0.6 is 11.3 Å². The van der Waals surface area contributed by atoms with Crippen molar-refractivity contribution in [3.05, 3.63) is 34.3 Å². The van der Waals surface area contributed by atoms with Crippen LogP contribution in [-0.4, -0.2) is 18.6 Å². The lowest BCUT2D eigenvalue weighted by atomic mass is 10.2. The van der Waals surface area contributed by atoms with Gasteiger partial charge in [0, 0.05) is 0 Å². The first kappa shape index (κ1) is 14.4. The number of rotatable bonds is 4. The molecule has 0 fully saturated rings. The molecule has 2 aromatic rings. The molecule has 0 aliphatic rings. The minimum atomic E-state index is -3.72. The number of nitriles is 1. The molecule has 0 radical (unpaired) electrons. The minimum absolute atomic E-state index is 0.129. The lowest BCUT2D eigenvalue weighted by Crippen LogP contribution is -2.14. The molecule has 1 aromatic heterocycles. The smallest absolute Gasteiger partial charge is 0.253 e. The maximum absolute atomic E-state index is 12.3. The highest BCUT2D eigenvalue weighted by atomic mass is 32.2. The second-order valence-corrected chi connectivity index (χ2v) is 6.76. The van der Waals surface area contributed by atoms with Crippen LogP contribution in [0.5, 0.6) is 0 Å². The summed E-state index contributed by atoms with van der Waals surface area (Å²) in [4.78, 5) is 0.129. The van der Waals surface area contributed by atoms with E-state index in [1.807, 2.05) is 13.0 Å². The zero-order valence-electron chi connectivity index (χ0n) is 10.9. The van der Waals surface area contributed by atoms with Crippen LogP contribution in [0, 0.1) is 18.3 Å². The number of hydrogen-bond donors (Lipinski definition) is 1. The quantitative estimate of drug-likeness (QED) is 0.933. The molecular formula is C12H12N4O2S2. The maximum atomic E-state index is 12.3. The molecular weight excluding hydrogens is 296 g/mol. The fourth-order valence-electron chi connectivity index (χ4n) is 1.63. The predicted molar refractivity (Wildman–Crippen MR) is 76.0 cm³/mol.